The molecule has 2 saturated heterocycles. The lowest BCUT2D eigenvalue weighted by atomic mass is 9.62. The van der Waals surface area contributed by atoms with Gasteiger partial charge in [-0.25, -0.2) is 4.79 Å². The van der Waals surface area contributed by atoms with Crippen molar-refractivity contribution in [2.75, 3.05) is 13.7 Å². The van der Waals surface area contributed by atoms with Gasteiger partial charge in [0.05, 0.1) is 19.1 Å². The monoisotopic (exact) mass is 362 g/mol. The van der Waals surface area contributed by atoms with Crippen molar-refractivity contribution in [1.29, 1.82) is 0 Å². The third kappa shape index (κ3) is 2.23. The van der Waals surface area contributed by atoms with E-state index < -0.39 is 5.60 Å². The van der Waals surface area contributed by atoms with Gasteiger partial charge in [-0.15, -0.1) is 0 Å². The second-order valence-corrected chi connectivity index (χ2v) is 7.60. The van der Waals surface area contributed by atoms with E-state index in [1.54, 1.807) is 0 Å². The van der Waals surface area contributed by atoms with Gasteiger partial charge in [-0.1, -0.05) is 54.6 Å². The van der Waals surface area contributed by atoms with Gasteiger partial charge in [0.1, 0.15) is 16.9 Å². The SMILES string of the molecule is COC(=O)/C(=C1\OC2(C)c3ccccc3C1C1OCCC12)c1ccccc1. The molecule has 2 aromatic carbocycles. The van der Waals surface area contributed by atoms with Crippen LogP contribution in [0.15, 0.2) is 60.4 Å². The molecule has 138 valence electrons. The predicted molar refractivity (Wildman–Crippen MR) is 101 cm³/mol. The Morgan fingerprint density at radius 3 is 2.63 bits per heavy atom. The molecular formula is C23H22O4. The molecule has 27 heavy (non-hydrogen) atoms. The Hall–Kier alpha value is -2.59. The fraction of sp³-hybridized carbons (Fsp3) is 0.348. The molecule has 0 saturated carbocycles. The second-order valence-electron chi connectivity index (χ2n) is 7.60. The number of carbonyl (C=O) groups excluding carboxylic acids is 1. The van der Waals surface area contributed by atoms with Crippen LogP contribution < -0.4 is 0 Å². The molecule has 4 nitrogen and oxygen atoms in total. The summed E-state index contributed by atoms with van der Waals surface area (Å²) in [4.78, 5) is 12.8. The summed E-state index contributed by atoms with van der Waals surface area (Å²) in [5.41, 5.74) is 3.21. The van der Waals surface area contributed by atoms with Gasteiger partial charge in [0, 0.05) is 12.5 Å². The number of benzene rings is 2. The second kappa shape index (κ2) is 5.96. The van der Waals surface area contributed by atoms with Crippen LogP contribution in [0.1, 0.15) is 36.0 Å². The number of esters is 1. The van der Waals surface area contributed by atoms with Crippen molar-refractivity contribution in [2.45, 2.75) is 31.0 Å². The molecule has 4 atom stereocenters. The lowest BCUT2D eigenvalue weighted by Gasteiger charge is -2.54. The first-order valence-electron chi connectivity index (χ1n) is 9.43. The first-order chi connectivity index (χ1) is 13.1. The normalized spacial score (nSPS) is 32.3. The zero-order chi connectivity index (χ0) is 18.6. The predicted octanol–water partition coefficient (Wildman–Crippen LogP) is 4.02. The van der Waals surface area contributed by atoms with E-state index in [0.29, 0.717) is 11.3 Å². The van der Waals surface area contributed by atoms with Gasteiger partial charge in [-0.05, 0) is 30.0 Å². The summed E-state index contributed by atoms with van der Waals surface area (Å²) in [6.07, 6.45) is 0.995. The van der Waals surface area contributed by atoms with Gasteiger partial charge >= 0.3 is 5.97 Å². The fourth-order valence-corrected chi connectivity index (χ4v) is 5.11. The zero-order valence-corrected chi connectivity index (χ0v) is 15.5. The molecule has 2 aromatic rings. The molecule has 3 aliphatic heterocycles. The van der Waals surface area contributed by atoms with Gasteiger partial charge in [-0.3, -0.25) is 0 Å². The van der Waals surface area contributed by atoms with E-state index in [0.717, 1.165) is 18.6 Å². The highest BCUT2D eigenvalue weighted by molar-refractivity contribution is 6.17. The number of fused-ring (bicyclic) bond motifs is 1. The van der Waals surface area contributed by atoms with E-state index in [4.69, 9.17) is 14.2 Å². The quantitative estimate of drug-likeness (QED) is 0.598. The van der Waals surface area contributed by atoms with E-state index in [1.165, 1.54) is 18.2 Å². The average Bonchev–Trinajstić information content (AvgIpc) is 3.21. The summed E-state index contributed by atoms with van der Waals surface area (Å²) in [5, 5.41) is 0. The lowest BCUT2D eigenvalue weighted by molar-refractivity contribution is -0.138. The smallest absolute Gasteiger partial charge is 0.341 e. The molecule has 0 N–H and O–H groups in total. The summed E-state index contributed by atoms with van der Waals surface area (Å²) >= 11 is 0. The Kier molecular flexibility index (Phi) is 3.66. The molecule has 0 amide bonds. The molecule has 2 bridgehead atoms. The van der Waals surface area contributed by atoms with Crippen LogP contribution in [-0.2, 0) is 24.6 Å². The Morgan fingerprint density at radius 1 is 1.11 bits per heavy atom. The van der Waals surface area contributed by atoms with Crippen molar-refractivity contribution in [3.05, 3.63) is 77.0 Å². The van der Waals surface area contributed by atoms with Crippen molar-refractivity contribution in [3.8, 4) is 0 Å². The van der Waals surface area contributed by atoms with Crippen molar-refractivity contribution in [2.24, 2.45) is 5.92 Å². The van der Waals surface area contributed by atoms with Crippen molar-refractivity contribution < 1.29 is 19.0 Å². The van der Waals surface area contributed by atoms with Crippen molar-refractivity contribution in [3.63, 3.8) is 0 Å². The molecule has 4 heteroatoms. The number of rotatable bonds is 2. The number of carbonyl (C=O) groups is 1. The Balaban J connectivity index is 1.79. The van der Waals surface area contributed by atoms with Gasteiger partial charge in [0.25, 0.3) is 0 Å². The maximum Gasteiger partial charge on any atom is 0.341 e. The Labute approximate surface area is 158 Å². The number of methoxy groups -OCH3 is 1. The minimum atomic E-state index is -0.504. The largest absolute Gasteiger partial charge is 0.485 e. The van der Waals surface area contributed by atoms with Gasteiger partial charge in [0.15, 0.2) is 0 Å². The minimum Gasteiger partial charge on any atom is -0.485 e. The standard InChI is InChI=1S/C23H22O4/c1-23-16-11-7-6-10-15(16)19(20-17(23)12-13-26-20)21(27-23)18(22(24)25-2)14-8-4-3-5-9-14/h3-11,17,19-20H,12-13H2,1-2H3/b21-18-. The van der Waals surface area contributed by atoms with E-state index in [2.05, 4.69) is 25.1 Å². The molecule has 0 radical (unpaired) electrons. The van der Waals surface area contributed by atoms with Crippen LogP contribution in [0.3, 0.4) is 0 Å². The van der Waals surface area contributed by atoms with Crippen LogP contribution in [0, 0.1) is 5.92 Å². The van der Waals surface area contributed by atoms with E-state index in [-0.39, 0.29) is 23.9 Å². The molecule has 2 fully saturated rings. The molecule has 4 aliphatic rings. The summed E-state index contributed by atoms with van der Waals surface area (Å²) in [7, 11) is 1.41. The number of hydrogen-bond acceptors (Lipinski definition) is 4. The highest BCUT2D eigenvalue weighted by Gasteiger charge is 2.60. The van der Waals surface area contributed by atoms with Crippen LogP contribution in [0.5, 0.6) is 0 Å². The van der Waals surface area contributed by atoms with Crippen LogP contribution in [0.25, 0.3) is 5.57 Å². The molecule has 0 aromatic heterocycles. The van der Waals surface area contributed by atoms with Crippen molar-refractivity contribution >= 4 is 11.5 Å². The number of hydrogen-bond donors (Lipinski definition) is 0. The zero-order valence-electron chi connectivity index (χ0n) is 15.5. The average molecular weight is 362 g/mol. The van der Waals surface area contributed by atoms with E-state index in [1.807, 2.05) is 36.4 Å². The number of ether oxygens (including phenoxy) is 3. The third-order valence-corrected chi connectivity index (χ3v) is 6.31. The maximum absolute atomic E-state index is 12.8. The molecular weight excluding hydrogens is 340 g/mol. The summed E-state index contributed by atoms with van der Waals surface area (Å²) in [6.45, 7) is 2.86. The van der Waals surface area contributed by atoms with Crippen LogP contribution in [0.4, 0.5) is 0 Å². The topological polar surface area (TPSA) is 44.8 Å². The Bertz CT molecular complexity index is 932. The Morgan fingerprint density at radius 2 is 1.85 bits per heavy atom. The van der Waals surface area contributed by atoms with E-state index >= 15 is 0 Å². The summed E-state index contributed by atoms with van der Waals surface area (Å²) in [5.74, 6) is 0.498. The lowest BCUT2D eigenvalue weighted by Crippen LogP contribution is -2.53. The molecule has 3 heterocycles. The van der Waals surface area contributed by atoms with Gasteiger partial charge in [0.2, 0.25) is 0 Å². The first kappa shape index (κ1) is 16.6. The van der Waals surface area contributed by atoms with Gasteiger partial charge in [-0.2, -0.15) is 0 Å². The van der Waals surface area contributed by atoms with E-state index in [9.17, 15) is 4.79 Å². The highest BCUT2D eigenvalue weighted by atomic mass is 16.5. The van der Waals surface area contributed by atoms with Crippen LogP contribution in [-0.4, -0.2) is 25.8 Å². The summed E-state index contributed by atoms with van der Waals surface area (Å²) in [6, 6.07) is 18.0. The van der Waals surface area contributed by atoms with Gasteiger partial charge < -0.3 is 14.2 Å². The maximum atomic E-state index is 12.8. The molecule has 0 spiro atoms. The molecule has 1 aliphatic carbocycles. The molecule has 4 unspecified atom stereocenters. The van der Waals surface area contributed by atoms with Crippen LogP contribution in [0.2, 0.25) is 0 Å². The first-order valence-corrected chi connectivity index (χ1v) is 9.43. The van der Waals surface area contributed by atoms with Crippen LogP contribution >= 0.6 is 0 Å². The van der Waals surface area contributed by atoms with Crippen molar-refractivity contribution in [1.82, 2.24) is 0 Å². The third-order valence-electron chi connectivity index (χ3n) is 6.31. The fourth-order valence-electron chi connectivity index (χ4n) is 5.11. The summed E-state index contributed by atoms with van der Waals surface area (Å²) < 4.78 is 18.0. The molecule has 6 rings (SSSR count). The minimum absolute atomic E-state index is 0.0250. The highest BCUT2D eigenvalue weighted by Crippen LogP contribution is 2.61.